The van der Waals surface area contributed by atoms with Gasteiger partial charge in [-0.1, -0.05) is 51.1 Å². The first-order valence-corrected chi connectivity index (χ1v) is 10.6. The minimum atomic E-state index is -0.0151. The Balaban J connectivity index is 1.97. The highest BCUT2D eigenvalue weighted by molar-refractivity contribution is 5.88. The van der Waals surface area contributed by atoms with Crippen LogP contribution in [0.4, 0.5) is 0 Å². The second kappa shape index (κ2) is 9.64. The van der Waals surface area contributed by atoms with Gasteiger partial charge in [-0.3, -0.25) is 4.79 Å². The van der Waals surface area contributed by atoms with Gasteiger partial charge < -0.3 is 15.0 Å². The van der Waals surface area contributed by atoms with Crippen LogP contribution in [0.5, 0.6) is 5.75 Å². The molecule has 4 heteroatoms. The van der Waals surface area contributed by atoms with Gasteiger partial charge in [0.25, 0.3) is 0 Å². The van der Waals surface area contributed by atoms with Crippen molar-refractivity contribution in [2.24, 2.45) is 5.92 Å². The van der Waals surface area contributed by atoms with Crippen LogP contribution in [0.1, 0.15) is 56.7 Å². The van der Waals surface area contributed by atoms with E-state index in [1.165, 1.54) is 22.0 Å². The van der Waals surface area contributed by atoms with E-state index >= 15 is 0 Å². The van der Waals surface area contributed by atoms with Crippen LogP contribution in [0.25, 0.3) is 10.9 Å². The molecule has 0 aliphatic heterocycles. The number of aryl methyl sites for hydroxylation is 1. The highest BCUT2D eigenvalue weighted by Crippen LogP contribution is 2.35. The normalized spacial score (nSPS) is 12.3. The highest BCUT2D eigenvalue weighted by atomic mass is 16.5. The number of rotatable bonds is 9. The summed E-state index contributed by atoms with van der Waals surface area (Å²) in [6, 6.07) is 14.5. The summed E-state index contributed by atoms with van der Waals surface area (Å²) in [4.78, 5) is 16.2. The number of ether oxygens (including phenoxy) is 1. The molecule has 1 heterocycles. The maximum absolute atomic E-state index is 12.7. The lowest BCUT2D eigenvalue weighted by Crippen LogP contribution is -2.28. The second-order valence-corrected chi connectivity index (χ2v) is 7.89. The maximum Gasteiger partial charge on any atom is 0.220 e. The first-order valence-electron chi connectivity index (χ1n) is 10.6. The summed E-state index contributed by atoms with van der Waals surface area (Å²) < 4.78 is 5.59. The lowest BCUT2D eigenvalue weighted by molar-refractivity contribution is -0.121. The van der Waals surface area contributed by atoms with Crippen LogP contribution in [0, 0.1) is 5.92 Å². The standard InChI is InChI=1S/C25H32N2O2/c1-5-18-8-7-9-21-23(16-27-25(18)21)22(14-24(28)26-15-17(3)4)19-10-12-20(13-11-19)29-6-2/h7-13,16-17,22,27H,5-6,14-15H2,1-4H3,(H,26,28). The zero-order chi connectivity index (χ0) is 20.8. The number of nitrogens with one attached hydrogen (secondary N) is 2. The Hall–Kier alpha value is -2.75. The van der Waals surface area contributed by atoms with Crippen LogP contribution >= 0.6 is 0 Å². The zero-order valence-electron chi connectivity index (χ0n) is 17.9. The summed E-state index contributed by atoms with van der Waals surface area (Å²) in [5, 5.41) is 4.27. The Kier molecular flexibility index (Phi) is 6.97. The fourth-order valence-corrected chi connectivity index (χ4v) is 3.77. The van der Waals surface area contributed by atoms with E-state index in [1.807, 2.05) is 19.1 Å². The quantitative estimate of drug-likeness (QED) is 0.511. The lowest BCUT2D eigenvalue weighted by Gasteiger charge is -2.18. The largest absolute Gasteiger partial charge is 0.494 e. The second-order valence-electron chi connectivity index (χ2n) is 7.89. The molecule has 0 spiro atoms. The van der Waals surface area contributed by atoms with E-state index in [0.717, 1.165) is 17.7 Å². The molecule has 0 radical (unpaired) electrons. The third-order valence-corrected chi connectivity index (χ3v) is 5.28. The van der Waals surface area contributed by atoms with Crippen molar-refractivity contribution in [2.45, 2.75) is 46.5 Å². The smallest absolute Gasteiger partial charge is 0.220 e. The zero-order valence-corrected chi connectivity index (χ0v) is 17.9. The monoisotopic (exact) mass is 392 g/mol. The number of amides is 1. The van der Waals surface area contributed by atoms with E-state index in [0.29, 0.717) is 25.5 Å². The average Bonchev–Trinajstić information content (AvgIpc) is 3.15. The van der Waals surface area contributed by atoms with Crippen molar-refractivity contribution >= 4 is 16.8 Å². The maximum atomic E-state index is 12.7. The third kappa shape index (κ3) is 5.00. The van der Waals surface area contributed by atoms with Gasteiger partial charge in [-0.15, -0.1) is 0 Å². The van der Waals surface area contributed by atoms with Gasteiger partial charge in [0.2, 0.25) is 5.91 Å². The minimum Gasteiger partial charge on any atom is -0.494 e. The molecule has 0 saturated heterocycles. The van der Waals surface area contributed by atoms with Gasteiger partial charge in [0.15, 0.2) is 0 Å². The summed E-state index contributed by atoms with van der Waals surface area (Å²) in [6.07, 6.45) is 3.46. The fraction of sp³-hybridized carbons (Fsp3) is 0.400. The summed E-state index contributed by atoms with van der Waals surface area (Å²) in [6.45, 7) is 9.70. The van der Waals surface area contributed by atoms with E-state index < -0.39 is 0 Å². The van der Waals surface area contributed by atoms with Gasteiger partial charge in [0, 0.05) is 36.0 Å². The fourth-order valence-electron chi connectivity index (χ4n) is 3.77. The predicted octanol–water partition coefficient (Wildman–Crippen LogP) is 5.42. The Labute approximate surface area is 173 Å². The number of carbonyl (C=O) groups excluding carboxylic acids is 1. The first-order chi connectivity index (χ1) is 14.0. The summed E-state index contributed by atoms with van der Waals surface area (Å²) >= 11 is 0. The molecule has 154 valence electrons. The molecule has 1 amide bonds. The highest BCUT2D eigenvalue weighted by Gasteiger charge is 2.22. The van der Waals surface area contributed by atoms with Crippen molar-refractivity contribution in [1.29, 1.82) is 0 Å². The van der Waals surface area contributed by atoms with E-state index in [1.54, 1.807) is 0 Å². The van der Waals surface area contributed by atoms with Crippen LogP contribution in [0.15, 0.2) is 48.7 Å². The van der Waals surface area contributed by atoms with Crippen molar-refractivity contribution in [3.8, 4) is 5.75 Å². The average molecular weight is 393 g/mol. The molecular formula is C25H32N2O2. The van der Waals surface area contributed by atoms with E-state index in [-0.39, 0.29) is 11.8 Å². The van der Waals surface area contributed by atoms with Crippen LogP contribution < -0.4 is 10.1 Å². The summed E-state index contributed by atoms with van der Waals surface area (Å²) in [5.41, 5.74) is 4.75. The Morgan fingerprint density at radius 3 is 2.52 bits per heavy atom. The molecule has 29 heavy (non-hydrogen) atoms. The third-order valence-electron chi connectivity index (χ3n) is 5.28. The molecule has 0 aliphatic carbocycles. The molecule has 3 rings (SSSR count). The summed E-state index contributed by atoms with van der Waals surface area (Å²) in [5.74, 6) is 1.35. The molecule has 1 unspecified atom stereocenters. The topological polar surface area (TPSA) is 54.1 Å². The van der Waals surface area contributed by atoms with Crippen LogP contribution in [-0.4, -0.2) is 24.0 Å². The van der Waals surface area contributed by atoms with Gasteiger partial charge in [0.1, 0.15) is 5.75 Å². The van der Waals surface area contributed by atoms with Gasteiger partial charge in [-0.05, 0) is 48.1 Å². The Morgan fingerprint density at radius 1 is 1.10 bits per heavy atom. The van der Waals surface area contributed by atoms with Gasteiger partial charge in [-0.2, -0.15) is 0 Å². The van der Waals surface area contributed by atoms with Crippen molar-refractivity contribution in [3.63, 3.8) is 0 Å². The molecular weight excluding hydrogens is 360 g/mol. The number of aromatic amines is 1. The molecule has 2 N–H and O–H groups in total. The van der Waals surface area contributed by atoms with E-state index in [4.69, 9.17) is 4.74 Å². The number of carbonyl (C=O) groups is 1. The molecule has 1 aromatic heterocycles. The SMILES string of the molecule is CCOc1ccc(C(CC(=O)NCC(C)C)c2c[nH]c3c(CC)cccc23)cc1. The minimum absolute atomic E-state index is 0.0151. The van der Waals surface area contributed by atoms with Crippen molar-refractivity contribution < 1.29 is 9.53 Å². The molecule has 0 saturated carbocycles. The predicted molar refractivity (Wildman–Crippen MR) is 120 cm³/mol. The van der Waals surface area contributed by atoms with E-state index in [9.17, 15) is 4.79 Å². The molecule has 1 atom stereocenters. The molecule has 0 fully saturated rings. The first kappa shape index (κ1) is 21.0. The molecule has 0 aliphatic rings. The molecule has 2 aromatic carbocycles. The summed E-state index contributed by atoms with van der Waals surface area (Å²) in [7, 11) is 0. The van der Waals surface area contributed by atoms with Gasteiger partial charge in [0.05, 0.1) is 6.61 Å². The van der Waals surface area contributed by atoms with Crippen LogP contribution in [-0.2, 0) is 11.2 Å². The van der Waals surface area contributed by atoms with Crippen LogP contribution in [0.3, 0.4) is 0 Å². The number of H-pyrrole nitrogens is 1. The van der Waals surface area contributed by atoms with Crippen molar-refractivity contribution in [2.75, 3.05) is 13.2 Å². The van der Waals surface area contributed by atoms with Crippen molar-refractivity contribution in [1.82, 2.24) is 10.3 Å². The molecule has 4 nitrogen and oxygen atoms in total. The van der Waals surface area contributed by atoms with E-state index in [2.05, 4.69) is 67.6 Å². The van der Waals surface area contributed by atoms with Crippen LogP contribution in [0.2, 0.25) is 0 Å². The number of hydrogen-bond donors (Lipinski definition) is 2. The van der Waals surface area contributed by atoms with Gasteiger partial charge >= 0.3 is 0 Å². The van der Waals surface area contributed by atoms with Crippen molar-refractivity contribution in [3.05, 3.63) is 65.4 Å². The number of para-hydroxylation sites is 1. The van der Waals surface area contributed by atoms with Gasteiger partial charge in [-0.25, -0.2) is 0 Å². The lowest BCUT2D eigenvalue weighted by atomic mass is 9.87. The molecule has 0 bridgehead atoms. The number of fused-ring (bicyclic) bond motifs is 1. The number of hydrogen-bond acceptors (Lipinski definition) is 2. The Morgan fingerprint density at radius 2 is 1.86 bits per heavy atom. The number of aromatic nitrogens is 1. The Bertz CT molecular complexity index is 941. The number of benzene rings is 2. The molecule has 3 aromatic rings.